The first-order chi connectivity index (χ1) is 13.3. The van der Waals surface area contributed by atoms with E-state index in [1.54, 1.807) is 0 Å². The SMILES string of the molecule is Cl.OC1CCN(c2ccccc2)C12CCN(C1CCC3CCCCC3C1)CC2. The molecular weight excluding hydrogens is 368 g/mol. The van der Waals surface area contributed by atoms with Crippen LogP contribution >= 0.6 is 12.4 Å². The first-order valence-corrected chi connectivity index (χ1v) is 11.5. The number of anilines is 1. The highest BCUT2D eigenvalue weighted by molar-refractivity contribution is 5.85. The Morgan fingerprint density at radius 2 is 1.54 bits per heavy atom. The van der Waals surface area contributed by atoms with Gasteiger partial charge in [0.15, 0.2) is 0 Å². The lowest BCUT2D eigenvalue weighted by molar-refractivity contribution is 0.0160. The summed E-state index contributed by atoms with van der Waals surface area (Å²) in [5.74, 6) is 2.04. The molecule has 4 aliphatic rings. The van der Waals surface area contributed by atoms with Gasteiger partial charge in [-0.25, -0.2) is 0 Å². The van der Waals surface area contributed by atoms with E-state index in [2.05, 4.69) is 40.1 Å². The zero-order valence-corrected chi connectivity index (χ0v) is 18.0. The van der Waals surface area contributed by atoms with Crippen molar-refractivity contribution < 1.29 is 5.11 Å². The van der Waals surface area contributed by atoms with Gasteiger partial charge in [0.2, 0.25) is 0 Å². The summed E-state index contributed by atoms with van der Waals surface area (Å²) >= 11 is 0. The lowest BCUT2D eigenvalue weighted by Crippen LogP contribution is -2.59. The summed E-state index contributed by atoms with van der Waals surface area (Å²) in [5, 5.41) is 10.9. The van der Waals surface area contributed by atoms with Gasteiger partial charge in [0.05, 0.1) is 11.6 Å². The highest BCUT2D eigenvalue weighted by atomic mass is 35.5. The maximum Gasteiger partial charge on any atom is 0.0789 e. The molecule has 1 aromatic carbocycles. The Bertz CT molecular complexity index is 631. The lowest BCUT2D eigenvalue weighted by Gasteiger charge is -2.51. The van der Waals surface area contributed by atoms with E-state index in [1.807, 2.05) is 0 Å². The quantitative estimate of drug-likeness (QED) is 0.761. The fourth-order valence-corrected chi connectivity index (χ4v) is 6.98. The third-order valence-electron chi connectivity index (χ3n) is 8.54. The minimum Gasteiger partial charge on any atom is -0.391 e. The van der Waals surface area contributed by atoms with E-state index in [0.29, 0.717) is 0 Å². The van der Waals surface area contributed by atoms with Crippen LogP contribution in [0.3, 0.4) is 0 Å². The summed E-state index contributed by atoms with van der Waals surface area (Å²) < 4.78 is 0. The Morgan fingerprint density at radius 1 is 0.821 bits per heavy atom. The summed E-state index contributed by atoms with van der Waals surface area (Å²) in [7, 11) is 0. The van der Waals surface area contributed by atoms with Crippen LogP contribution in [0, 0.1) is 11.8 Å². The van der Waals surface area contributed by atoms with Gasteiger partial charge in [-0.05, 0) is 62.5 Å². The summed E-state index contributed by atoms with van der Waals surface area (Å²) in [5.41, 5.74) is 1.27. The summed E-state index contributed by atoms with van der Waals surface area (Å²) in [4.78, 5) is 5.33. The van der Waals surface area contributed by atoms with Gasteiger partial charge in [0.1, 0.15) is 0 Å². The standard InChI is InChI=1S/C24H36N2O.ClH/c27-23-12-15-26(21-8-2-1-3-9-21)24(23)13-16-25(17-14-24)22-11-10-19-6-4-5-7-20(19)18-22;/h1-3,8-9,19-20,22-23,27H,4-7,10-18H2;1H. The molecule has 1 N–H and O–H groups in total. The number of likely N-dealkylation sites (tertiary alicyclic amines) is 1. The number of aliphatic hydroxyl groups excluding tert-OH is 1. The molecule has 2 saturated carbocycles. The Labute approximate surface area is 176 Å². The number of piperidine rings is 1. The molecule has 4 heteroatoms. The monoisotopic (exact) mass is 404 g/mol. The molecule has 2 saturated heterocycles. The number of halogens is 1. The van der Waals surface area contributed by atoms with Crippen molar-refractivity contribution in [2.24, 2.45) is 11.8 Å². The molecule has 2 aliphatic carbocycles. The van der Waals surface area contributed by atoms with E-state index in [0.717, 1.165) is 43.7 Å². The zero-order valence-electron chi connectivity index (χ0n) is 17.1. The molecular formula is C24H37ClN2O. The van der Waals surface area contributed by atoms with Crippen molar-refractivity contribution in [1.29, 1.82) is 0 Å². The van der Waals surface area contributed by atoms with Gasteiger partial charge in [-0.2, -0.15) is 0 Å². The second-order valence-electron chi connectivity index (χ2n) is 9.70. The maximum absolute atomic E-state index is 10.9. The fourth-order valence-electron chi connectivity index (χ4n) is 6.98. The molecule has 5 rings (SSSR count). The van der Waals surface area contributed by atoms with E-state index >= 15 is 0 Å². The summed E-state index contributed by atoms with van der Waals surface area (Å²) in [6.07, 6.45) is 13.2. The number of hydrogen-bond acceptors (Lipinski definition) is 3. The molecule has 3 nitrogen and oxygen atoms in total. The van der Waals surface area contributed by atoms with Crippen LogP contribution in [0.15, 0.2) is 30.3 Å². The van der Waals surface area contributed by atoms with Crippen molar-refractivity contribution in [3.63, 3.8) is 0 Å². The molecule has 28 heavy (non-hydrogen) atoms. The molecule has 0 amide bonds. The maximum atomic E-state index is 10.9. The lowest BCUT2D eigenvalue weighted by atomic mass is 9.69. The van der Waals surface area contributed by atoms with Gasteiger partial charge in [-0.15, -0.1) is 12.4 Å². The number of hydrogen-bond donors (Lipinski definition) is 1. The third kappa shape index (κ3) is 3.59. The first-order valence-electron chi connectivity index (χ1n) is 11.5. The Kier molecular flexibility index (Phi) is 6.25. The van der Waals surface area contributed by atoms with Crippen molar-refractivity contribution in [3.05, 3.63) is 30.3 Å². The number of benzene rings is 1. The van der Waals surface area contributed by atoms with Gasteiger partial charge in [0, 0.05) is 31.4 Å². The van der Waals surface area contributed by atoms with Crippen LogP contribution < -0.4 is 4.90 Å². The van der Waals surface area contributed by atoms with E-state index in [1.165, 1.54) is 63.7 Å². The Morgan fingerprint density at radius 3 is 2.29 bits per heavy atom. The summed E-state index contributed by atoms with van der Waals surface area (Å²) in [6.45, 7) is 3.34. The Balaban J connectivity index is 0.00000192. The molecule has 0 aromatic heterocycles. The first kappa shape index (κ1) is 20.5. The average Bonchev–Trinajstić information content (AvgIpc) is 3.04. The highest BCUT2D eigenvalue weighted by Crippen LogP contribution is 2.45. The smallest absolute Gasteiger partial charge is 0.0789 e. The van der Waals surface area contributed by atoms with Crippen LogP contribution in [0.25, 0.3) is 0 Å². The van der Waals surface area contributed by atoms with Crippen LogP contribution in [0.2, 0.25) is 0 Å². The minimum absolute atomic E-state index is 0. The second-order valence-corrected chi connectivity index (χ2v) is 9.70. The summed E-state index contributed by atoms with van der Waals surface area (Å²) in [6, 6.07) is 11.6. The molecule has 4 atom stereocenters. The highest BCUT2D eigenvalue weighted by Gasteiger charge is 2.50. The molecule has 0 bridgehead atoms. The zero-order chi connectivity index (χ0) is 18.3. The molecule has 4 fully saturated rings. The number of para-hydroxylation sites is 1. The predicted octanol–water partition coefficient (Wildman–Crippen LogP) is 4.87. The molecule has 1 spiro atoms. The predicted molar refractivity (Wildman–Crippen MR) is 118 cm³/mol. The van der Waals surface area contributed by atoms with Gasteiger partial charge in [-0.3, -0.25) is 0 Å². The molecule has 2 heterocycles. The molecule has 156 valence electrons. The third-order valence-corrected chi connectivity index (χ3v) is 8.54. The van der Waals surface area contributed by atoms with Gasteiger partial charge >= 0.3 is 0 Å². The molecule has 1 aromatic rings. The number of aliphatic hydroxyl groups is 1. The largest absolute Gasteiger partial charge is 0.391 e. The van der Waals surface area contributed by atoms with E-state index in [9.17, 15) is 5.11 Å². The van der Waals surface area contributed by atoms with Crippen LogP contribution in [0.5, 0.6) is 0 Å². The van der Waals surface area contributed by atoms with Crippen LogP contribution in [-0.4, -0.2) is 47.3 Å². The van der Waals surface area contributed by atoms with E-state index in [4.69, 9.17) is 0 Å². The normalized spacial score (nSPS) is 35.4. The topological polar surface area (TPSA) is 26.7 Å². The average molecular weight is 405 g/mol. The van der Waals surface area contributed by atoms with Crippen LogP contribution in [0.1, 0.15) is 64.2 Å². The second kappa shape index (κ2) is 8.53. The van der Waals surface area contributed by atoms with Gasteiger partial charge in [0.25, 0.3) is 0 Å². The van der Waals surface area contributed by atoms with Gasteiger partial charge < -0.3 is 14.9 Å². The van der Waals surface area contributed by atoms with Crippen LogP contribution in [-0.2, 0) is 0 Å². The van der Waals surface area contributed by atoms with Crippen LogP contribution in [0.4, 0.5) is 5.69 Å². The number of rotatable bonds is 2. The molecule has 4 unspecified atom stereocenters. The fraction of sp³-hybridized carbons (Fsp3) is 0.750. The number of fused-ring (bicyclic) bond motifs is 1. The minimum atomic E-state index is -0.172. The molecule has 2 aliphatic heterocycles. The van der Waals surface area contributed by atoms with Crippen molar-refractivity contribution >= 4 is 18.1 Å². The Hall–Kier alpha value is -0.770. The van der Waals surface area contributed by atoms with Crippen molar-refractivity contribution in [2.45, 2.75) is 81.9 Å². The van der Waals surface area contributed by atoms with Gasteiger partial charge in [-0.1, -0.05) is 43.9 Å². The molecule has 0 radical (unpaired) electrons. The number of nitrogens with zero attached hydrogens (tertiary/aromatic N) is 2. The van der Waals surface area contributed by atoms with Crippen molar-refractivity contribution in [2.75, 3.05) is 24.5 Å². The van der Waals surface area contributed by atoms with E-state index in [-0.39, 0.29) is 24.0 Å². The van der Waals surface area contributed by atoms with E-state index < -0.39 is 0 Å². The van der Waals surface area contributed by atoms with Crippen molar-refractivity contribution in [1.82, 2.24) is 4.90 Å². The van der Waals surface area contributed by atoms with Crippen molar-refractivity contribution in [3.8, 4) is 0 Å².